The molecular formula is C13H19NO2. The van der Waals surface area contributed by atoms with Crippen LogP contribution in [-0.2, 0) is 11.3 Å². The van der Waals surface area contributed by atoms with E-state index in [1.165, 1.54) is 5.56 Å². The van der Waals surface area contributed by atoms with Crippen LogP contribution in [0.4, 0.5) is 0 Å². The molecule has 3 nitrogen and oxygen atoms in total. The molecule has 2 N–H and O–H groups in total. The molecule has 88 valence electrons. The second kappa shape index (κ2) is 4.85. The molecule has 1 aromatic carbocycles. The van der Waals surface area contributed by atoms with Crippen molar-refractivity contribution < 1.29 is 9.47 Å². The van der Waals surface area contributed by atoms with Gasteiger partial charge >= 0.3 is 0 Å². The largest absolute Gasteiger partial charge is 0.493 e. The molecule has 0 fully saturated rings. The predicted octanol–water partition coefficient (Wildman–Crippen LogP) is 2.25. The minimum atomic E-state index is 0.00268. The van der Waals surface area contributed by atoms with Crippen LogP contribution in [0.2, 0.25) is 0 Å². The highest BCUT2D eigenvalue weighted by Gasteiger charge is 2.17. The molecule has 0 spiro atoms. The van der Waals surface area contributed by atoms with Crippen LogP contribution in [0.25, 0.3) is 0 Å². The molecular weight excluding hydrogens is 202 g/mol. The minimum absolute atomic E-state index is 0.00268. The van der Waals surface area contributed by atoms with E-state index in [9.17, 15) is 0 Å². The first-order chi connectivity index (χ1) is 7.66. The van der Waals surface area contributed by atoms with Crippen LogP contribution in [0.3, 0.4) is 0 Å². The summed E-state index contributed by atoms with van der Waals surface area (Å²) in [5.41, 5.74) is 8.29. The number of rotatable bonds is 3. The maximum atomic E-state index is 5.95. The van der Waals surface area contributed by atoms with Crippen LogP contribution in [0.1, 0.15) is 31.0 Å². The van der Waals surface area contributed by atoms with E-state index >= 15 is 0 Å². The molecule has 0 aromatic heterocycles. The average Bonchev–Trinajstić information content (AvgIpc) is 2.26. The van der Waals surface area contributed by atoms with Gasteiger partial charge in [0.25, 0.3) is 0 Å². The molecule has 1 aliphatic heterocycles. The van der Waals surface area contributed by atoms with Crippen molar-refractivity contribution in [1.82, 2.24) is 0 Å². The van der Waals surface area contributed by atoms with Crippen molar-refractivity contribution in [1.29, 1.82) is 0 Å². The highest BCUT2D eigenvalue weighted by molar-refractivity contribution is 5.38. The second-order valence-corrected chi connectivity index (χ2v) is 4.69. The van der Waals surface area contributed by atoms with Crippen LogP contribution in [-0.4, -0.2) is 13.2 Å². The lowest BCUT2D eigenvalue weighted by Gasteiger charge is -2.23. The van der Waals surface area contributed by atoms with Crippen LogP contribution in [0.15, 0.2) is 18.2 Å². The lowest BCUT2D eigenvalue weighted by molar-refractivity contribution is 0.0920. The Hall–Kier alpha value is -1.06. The maximum absolute atomic E-state index is 5.95. The highest BCUT2D eigenvalue weighted by atomic mass is 16.5. The summed E-state index contributed by atoms with van der Waals surface area (Å²) in [6, 6.07) is 6.09. The maximum Gasteiger partial charge on any atom is 0.119 e. The van der Waals surface area contributed by atoms with Crippen molar-refractivity contribution >= 4 is 0 Å². The van der Waals surface area contributed by atoms with Gasteiger partial charge in [-0.3, -0.25) is 0 Å². The fourth-order valence-corrected chi connectivity index (χ4v) is 1.81. The molecule has 0 bridgehead atoms. The lowest BCUT2D eigenvalue weighted by atomic mass is 9.99. The van der Waals surface area contributed by atoms with Gasteiger partial charge in [0.15, 0.2) is 0 Å². The molecule has 0 saturated carbocycles. The standard InChI is InChI=1S/C13H19NO2/c1-9(2)6-16-11-3-4-12-10(5-11)7-15-8-13(12)14/h3-5,9,13H,6-8,14H2,1-2H3/t13-/m1/s1. The summed E-state index contributed by atoms with van der Waals surface area (Å²) in [6.45, 7) is 6.27. The number of hydrogen-bond donors (Lipinski definition) is 1. The van der Waals surface area contributed by atoms with Gasteiger partial charge in [0.2, 0.25) is 0 Å². The highest BCUT2D eigenvalue weighted by Crippen LogP contribution is 2.26. The van der Waals surface area contributed by atoms with Crippen LogP contribution in [0.5, 0.6) is 5.75 Å². The van der Waals surface area contributed by atoms with Gasteiger partial charge in [-0.15, -0.1) is 0 Å². The smallest absolute Gasteiger partial charge is 0.119 e. The predicted molar refractivity (Wildman–Crippen MR) is 63.4 cm³/mol. The number of benzene rings is 1. The molecule has 1 aromatic rings. The van der Waals surface area contributed by atoms with Crippen LogP contribution in [0, 0.1) is 5.92 Å². The summed E-state index contributed by atoms with van der Waals surface area (Å²) >= 11 is 0. The number of fused-ring (bicyclic) bond motifs is 1. The minimum Gasteiger partial charge on any atom is -0.493 e. The van der Waals surface area contributed by atoms with Gasteiger partial charge < -0.3 is 15.2 Å². The van der Waals surface area contributed by atoms with Crippen LogP contribution >= 0.6 is 0 Å². The SMILES string of the molecule is CC(C)COc1ccc2c(c1)COC[C@H]2N. The Labute approximate surface area is 96.5 Å². The molecule has 2 rings (SSSR count). The zero-order chi connectivity index (χ0) is 11.5. The zero-order valence-corrected chi connectivity index (χ0v) is 9.90. The molecule has 0 unspecified atom stereocenters. The Kier molecular flexibility index (Phi) is 3.46. The lowest BCUT2D eigenvalue weighted by Crippen LogP contribution is -2.23. The van der Waals surface area contributed by atoms with E-state index in [0.717, 1.165) is 17.9 Å². The van der Waals surface area contributed by atoms with Gasteiger partial charge in [0.05, 0.1) is 25.9 Å². The molecule has 0 aliphatic carbocycles. The summed E-state index contributed by atoms with van der Waals surface area (Å²) < 4.78 is 11.1. The number of ether oxygens (including phenoxy) is 2. The van der Waals surface area contributed by atoms with E-state index in [1.807, 2.05) is 12.1 Å². The van der Waals surface area contributed by atoms with E-state index < -0.39 is 0 Å². The first-order valence-corrected chi connectivity index (χ1v) is 5.75. The van der Waals surface area contributed by atoms with Crippen molar-refractivity contribution in [2.75, 3.05) is 13.2 Å². The third kappa shape index (κ3) is 2.54. The average molecular weight is 221 g/mol. The summed E-state index contributed by atoms with van der Waals surface area (Å²) in [7, 11) is 0. The molecule has 16 heavy (non-hydrogen) atoms. The summed E-state index contributed by atoms with van der Waals surface area (Å²) in [5, 5.41) is 0. The van der Waals surface area contributed by atoms with Crippen molar-refractivity contribution in [3.8, 4) is 5.75 Å². The Morgan fingerprint density at radius 2 is 2.31 bits per heavy atom. The van der Waals surface area contributed by atoms with Gasteiger partial charge in [-0.2, -0.15) is 0 Å². The van der Waals surface area contributed by atoms with Gasteiger partial charge in [0, 0.05) is 0 Å². The first-order valence-electron chi connectivity index (χ1n) is 5.75. The monoisotopic (exact) mass is 221 g/mol. The Morgan fingerprint density at radius 3 is 3.06 bits per heavy atom. The Bertz CT molecular complexity index is 363. The topological polar surface area (TPSA) is 44.5 Å². The van der Waals surface area contributed by atoms with Gasteiger partial charge in [-0.05, 0) is 29.2 Å². The Balaban J connectivity index is 2.12. The Morgan fingerprint density at radius 1 is 1.50 bits per heavy atom. The van der Waals surface area contributed by atoms with Crippen molar-refractivity contribution in [3.63, 3.8) is 0 Å². The van der Waals surface area contributed by atoms with Gasteiger partial charge in [0.1, 0.15) is 5.75 Å². The second-order valence-electron chi connectivity index (χ2n) is 4.69. The summed E-state index contributed by atoms with van der Waals surface area (Å²) in [6.07, 6.45) is 0. The fourth-order valence-electron chi connectivity index (χ4n) is 1.81. The first kappa shape index (κ1) is 11.4. The molecule has 0 radical (unpaired) electrons. The third-order valence-corrected chi connectivity index (χ3v) is 2.65. The van der Waals surface area contributed by atoms with E-state index in [-0.39, 0.29) is 6.04 Å². The molecule has 1 aliphatic rings. The van der Waals surface area contributed by atoms with E-state index in [2.05, 4.69) is 19.9 Å². The fraction of sp³-hybridized carbons (Fsp3) is 0.538. The summed E-state index contributed by atoms with van der Waals surface area (Å²) in [5.74, 6) is 1.44. The van der Waals surface area contributed by atoms with Crippen molar-refractivity contribution in [2.45, 2.75) is 26.5 Å². The molecule has 0 saturated heterocycles. The quantitative estimate of drug-likeness (QED) is 0.851. The molecule has 0 amide bonds. The number of hydrogen-bond acceptors (Lipinski definition) is 3. The van der Waals surface area contributed by atoms with Gasteiger partial charge in [-0.1, -0.05) is 19.9 Å². The van der Waals surface area contributed by atoms with Crippen molar-refractivity contribution in [2.24, 2.45) is 11.7 Å². The van der Waals surface area contributed by atoms with E-state index in [1.54, 1.807) is 0 Å². The van der Waals surface area contributed by atoms with Gasteiger partial charge in [-0.25, -0.2) is 0 Å². The van der Waals surface area contributed by atoms with Crippen LogP contribution < -0.4 is 10.5 Å². The normalized spacial score (nSPS) is 19.6. The van der Waals surface area contributed by atoms with Crippen molar-refractivity contribution in [3.05, 3.63) is 29.3 Å². The summed E-state index contributed by atoms with van der Waals surface area (Å²) in [4.78, 5) is 0. The number of nitrogens with two attached hydrogens (primary N) is 1. The van der Waals surface area contributed by atoms with E-state index in [0.29, 0.717) is 19.1 Å². The van der Waals surface area contributed by atoms with E-state index in [4.69, 9.17) is 15.2 Å². The zero-order valence-electron chi connectivity index (χ0n) is 9.90. The third-order valence-electron chi connectivity index (χ3n) is 2.65. The molecule has 1 heterocycles. The molecule has 3 heteroatoms. The molecule has 1 atom stereocenters.